The SMILES string of the molecule is O=[N+]([O-])c1cc(Br)ccc1CNCc1ncc[nH]1. The lowest BCUT2D eigenvalue weighted by Gasteiger charge is -2.04. The summed E-state index contributed by atoms with van der Waals surface area (Å²) in [7, 11) is 0. The number of aromatic nitrogens is 2. The Labute approximate surface area is 112 Å². The summed E-state index contributed by atoms with van der Waals surface area (Å²) in [6.07, 6.45) is 3.40. The Morgan fingerprint density at radius 3 is 2.94 bits per heavy atom. The number of nitro groups is 1. The van der Waals surface area contributed by atoms with E-state index in [1.165, 1.54) is 6.07 Å². The van der Waals surface area contributed by atoms with Gasteiger partial charge < -0.3 is 10.3 Å². The molecule has 1 aromatic heterocycles. The Hall–Kier alpha value is -1.73. The van der Waals surface area contributed by atoms with Crippen molar-refractivity contribution in [2.24, 2.45) is 0 Å². The summed E-state index contributed by atoms with van der Waals surface area (Å²) in [5.41, 5.74) is 0.756. The lowest BCUT2D eigenvalue weighted by molar-refractivity contribution is -0.385. The molecule has 0 unspecified atom stereocenters. The lowest BCUT2D eigenvalue weighted by atomic mass is 10.2. The number of rotatable bonds is 5. The Balaban J connectivity index is 2.02. The Morgan fingerprint density at radius 2 is 2.28 bits per heavy atom. The number of nitrogens with one attached hydrogen (secondary N) is 2. The first-order chi connectivity index (χ1) is 8.66. The number of nitrogens with zero attached hydrogens (tertiary/aromatic N) is 2. The van der Waals surface area contributed by atoms with Gasteiger partial charge in [-0.25, -0.2) is 4.98 Å². The quantitative estimate of drug-likeness (QED) is 0.656. The van der Waals surface area contributed by atoms with Crippen LogP contribution in [0.25, 0.3) is 0 Å². The standard InChI is InChI=1S/C11H11BrN4O2/c12-9-2-1-8(10(5-9)16(17)18)6-13-7-11-14-3-4-15-11/h1-5,13H,6-7H2,(H,14,15). The molecule has 0 aliphatic rings. The van der Waals surface area contributed by atoms with Crippen LogP contribution in [0.5, 0.6) is 0 Å². The van der Waals surface area contributed by atoms with Gasteiger partial charge in [0.1, 0.15) is 5.82 Å². The number of halogens is 1. The molecule has 0 aliphatic heterocycles. The van der Waals surface area contributed by atoms with Crippen LogP contribution in [0.15, 0.2) is 35.1 Å². The van der Waals surface area contributed by atoms with Crippen molar-refractivity contribution in [3.63, 3.8) is 0 Å². The lowest BCUT2D eigenvalue weighted by Crippen LogP contribution is -2.14. The van der Waals surface area contributed by atoms with E-state index in [1.54, 1.807) is 24.5 Å². The largest absolute Gasteiger partial charge is 0.348 e. The zero-order chi connectivity index (χ0) is 13.0. The van der Waals surface area contributed by atoms with Crippen LogP contribution in [0.1, 0.15) is 11.4 Å². The minimum absolute atomic E-state index is 0.108. The van der Waals surface area contributed by atoms with E-state index in [2.05, 4.69) is 31.2 Å². The van der Waals surface area contributed by atoms with Crippen LogP contribution < -0.4 is 5.32 Å². The summed E-state index contributed by atoms with van der Waals surface area (Å²) in [4.78, 5) is 17.5. The summed E-state index contributed by atoms with van der Waals surface area (Å²) in [6.45, 7) is 0.963. The molecule has 0 bridgehead atoms. The van der Waals surface area contributed by atoms with Crippen molar-refractivity contribution in [1.82, 2.24) is 15.3 Å². The van der Waals surface area contributed by atoms with E-state index >= 15 is 0 Å². The maximum Gasteiger partial charge on any atom is 0.275 e. The zero-order valence-electron chi connectivity index (χ0n) is 9.39. The van der Waals surface area contributed by atoms with E-state index in [4.69, 9.17) is 0 Å². The maximum atomic E-state index is 10.9. The molecule has 18 heavy (non-hydrogen) atoms. The van der Waals surface area contributed by atoms with Crippen LogP contribution in [-0.2, 0) is 13.1 Å². The van der Waals surface area contributed by atoms with Gasteiger partial charge in [-0.2, -0.15) is 0 Å². The molecule has 0 aliphatic carbocycles. The van der Waals surface area contributed by atoms with Gasteiger partial charge in [0, 0.05) is 35.0 Å². The van der Waals surface area contributed by atoms with E-state index in [1.807, 2.05) is 0 Å². The van der Waals surface area contributed by atoms with Crippen LogP contribution >= 0.6 is 15.9 Å². The predicted molar refractivity (Wildman–Crippen MR) is 69.9 cm³/mol. The highest BCUT2D eigenvalue weighted by molar-refractivity contribution is 9.10. The van der Waals surface area contributed by atoms with Crippen molar-refractivity contribution in [2.75, 3.05) is 0 Å². The second-order valence-electron chi connectivity index (χ2n) is 3.67. The monoisotopic (exact) mass is 310 g/mol. The van der Waals surface area contributed by atoms with Crippen molar-refractivity contribution < 1.29 is 4.92 Å². The average molecular weight is 311 g/mol. The van der Waals surface area contributed by atoms with Crippen LogP contribution in [0.4, 0.5) is 5.69 Å². The fourth-order valence-corrected chi connectivity index (χ4v) is 1.92. The van der Waals surface area contributed by atoms with Crippen LogP contribution in [0.2, 0.25) is 0 Å². The highest BCUT2D eigenvalue weighted by atomic mass is 79.9. The van der Waals surface area contributed by atoms with Gasteiger partial charge in [-0.1, -0.05) is 15.9 Å². The van der Waals surface area contributed by atoms with E-state index in [0.717, 1.165) is 5.82 Å². The molecule has 1 aromatic carbocycles. The van der Waals surface area contributed by atoms with Gasteiger partial charge in [0.05, 0.1) is 11.5 Å². The van der Waals surface area contributed by atoms with Crippen LogP contribution in [-0.4, -0.2) is 14.9 Å². The average Bonchev–Trinajstić information content (AvgIpc) is 2.84. The number of hydrogen-bond donors (Lipinski definition) is 2. The molecule has 0 amide bonds. The first-order valence-electron chi connectivity index (χ1n) is 5.28. The third kappa shape index (κ3) is 3.14. The van der Waals surface area contributed by atoms with E-state index in [9.17, 15) is 10.1 Å². The van der Waals surface area contributed by atoms with Gasteiger partial charge in [-0.05, 0) is 12.1 Å². The topological polar surface area (TPSA) is 83.8 Å². The van der Waals surface area contributed by atoms with E-state index < -0.39 is 0 Å². The normalized spacial score (nSPS) is 10.5. The van der Waals surface area contributed by atoms with Crippen molar-refractivity contribution >= 4 is 21.6 Å². The number of H-pyrrole nitrogens is 1. The Bertz CT molecular complexity index is 542. The number of benzene rings is 1. The highest BCUT2D eigenvalue weighted by Gasteiger charge is 2.13. The number of nitro benzene ring substituents is 1. The predicted octanol–water partition coefficient (Wildman–Crippen LogP) is 2.37. The summed E-state index contributed by atoms with van der Waals surface area (Å²) >= 11 is 3.22. The Morgan fingerprint density at radius 1 is 1.44 bits per heavy atom. The molecule has 0 atom stereocenters. The van der Waals surface area contributed by atoms with Gasteiger partial charge in [-0.15, -0.1) is 0 Å². The summed E-state index contributed by atoms with van der Waals surface area (Å²) in [5.74, 6) is 0.801. The van der Waals surface area contributed by atoms with Crippen molar-refractivity contribution in [2.45, 2.75) is 13.1 Å². The summed E-state index contributed by atoms with van der Waals surface area (Å²) < 4.78 is 0.698. The number of imidazole rings is 1. The molecule has 0 spiro atoms. The van der Waals surface area contributed by atoms with Gasteiger partial charge in [-0.3, -0.25) is 10.1 Å². The van der Waals surface area contributed by atoms with Crippen LogP contribution in [0.3, 0.4) is 0 Å². The van der Waals surface area contributed by atoms with Gasteiger partial charge >= 0.3 is 0 Å². The third-order valence-electron chi connectivity index (χ3n) is 2.41. The van der Waals surface area contributed by atoms with Crippen molar-refractivity contribution in [1.29, 1.82) is 0 Å². The Kier molecular flexibility index (Phi) is 4.06. The van der Waals surface area contributed by atoms with Crippen molar-refractivity contribution in [3.8, 4) is 0 Å². The summed E-state index contributed by atoms with van der Waals surface area (Å²) in [5, 5.41) is 14.0. The molecule has 6 nitrogen and oxygen atoms in total. The smallest absolute Gasteiger partial charge is 0.275 e. The van der Waals surface area contributed by atoms with E-state index in [-0.39, 0.29) is 10.6 Å². The first-order valence-corrected chi connectivity index (χ1v) is 6.08. The highest BCUT2D eigenvalue weighted by Crippen LogP contribution is 2.23. The minimum atomic E-state index is -0.380. The fraction of sp³-hybridized carbons (Fsp3) is 0.182. The molecule has 1 heterocycles. The molecule has 0 saturated heterocycles. The molecular formula is C11H11BrN4O2. The molecule has 2 N–H and O–H groups in total. The van der Waals surface area contributed by atoms with Crippen molar-refractivity contribution in [3.05, 3.63) is 56.6 Å². The third-order valence-corrected chi connectivity index (χ3v) is 2.90. The molecule has 2 aromatic rings. The molecule has 94 valence electrons. The minimum Gasteiger partial charge on any atom is -0.348 e. The second kappa shape index (κ2) is 5.74. The maximum absolute atomic E-state index is 10.9. The van der Waals surface area contributed by atoms with Gasteiger partial charge in [0.2, 0.25) is 0 Å². The molecule has 7 heteroatoms. The molecule has 0 saturated carbocycles. The van der Waals surface area contributed by atoms with Gasteiger partial charge in [0.25, 0.3) is 5.69 Å². The summed E-state index contributed by atoms with van der Waals surface area (Å²) in [6, 6.07) is 5.03. The zero-order valence-corrected chi connectivity index (χ0v) is 11.0. The molecular weight excluding hydrogens is 300 g/mol. The number of aromatic amines is 1. The van der Waals surface area contributed by atoms with E-state index in [0.29, 0.717) is 23.1 Å². The fourth-order valence-electron chi connectivity index (χ4n) is 1.57. The first kappa shape index (κ1) is 12.7. The molecule has 2 rings (SSSR count). The molecule has 0 fully saturated rings. The van der Waals surface area contributed by atoms with Gasteiger partial charge in [0.15, 0.2) is 0 Å². The number of hydrogen-bond acceptors (Lipinski definition) is 4. The van der Waals surface area contributed by atoms with Crippen LogP contribution in [0, 0.1) is 10.1 Å². The molecule has 0 radical (unpaired) electrons. The second-order valence-corrected chi connectivity index (χ2v) is 4.59.